The zero-order chi connectivity index (χ0) is 13.6. The third-order valence-corrected chi connectivity index (χ3v) is 2.95. The monoisotopic (exact) mass is 254 g/mol. The summed E-state index contributed by atoms with van der Waals surface area (Å²) in [5.74, 6) is 0.627. The molecule has 104 valence electrons. The molecule has 0 aromatic carbocycles. The molecule has 0 aliphatic heterocycles. The number of hydrogen-bond donors (Lipinski definition) is 2. The first kappa shape index (κ1) is 15.1. The van der Waals surface area contributed by atoms with Crippen LogP contribution in [0, 0.1) is 5.92 Å². The van der Waals surface area contributed by atoms with Gasteiger partial charge in [-0.05, 0) is 38.8 Å². The van der Waals surface area contributed by atoms with E-state index in [1.807, 2.05) is 6.92 Å². The normalized spacial score (nSPS) is 15.0. The van der Waals surface area contributed by atoms with Crippen molar-refractivity contribution in [1.29, 1.82) is 0 Å². The van der Waals surface area contributed by atoms with E-state index in [0.29, 0.717) is 12.3 Å². The number of aryl methyl sites for hydroxylation is 1. The van der Waals surface area contributed by atoms with Crippen LogP contribution in [0.1, 0.15) is 46.2 Å². The summed E-state index contributed by atoms with van der Waals surface area (Å²) in [5.41, 5.74) is -0.0708. The Morgan fingerprint density at radius 2 is 2.22 bits per heavy atom. The molecule has 18 heavy (non-hydrogen) atoms. The summed E-state index contributed by atoms with van der Waals surface area (Å²) in [7, 11) is 0. The first-order chi connectivity index (χ1) is 8.47. The first-order valence-electron chi connectivity index (χ1n) is 6.79. The molecule has 0 spiro atoms. The topological polar surface area (TPSA) is 63.0 Å². The number of aliphatic hydroxyl groups is 1. The molecule has 1 aromatic heterocycles. The summed E-state index contributed by atoms with van der Waals surface area (Å²) in [6.07, 6.45) is 3.31. The van der Waals surface area contributed by atoms with Crippen molar-refractivity contribution < 1.29 is 5.11 Å². The molecule has 1 atom stereocenters. The lowest BCUT2D eigenvalue weighted by atomic mass is 9.98. The van der Waals surface area contributed by atoms with Gasteiger partial charge in [-0.1, -0.05) is 26.0 Å². The zero-order valence-corrected chi connectivity index (χ0v) is 12.0. The van der Waals surface area contributed by atoms with Crippen LogP contribution in [0.4, 0.5) is 0 Å². The zero-order valence-electron chi connectivity index (χ0n) is 12.0. The smallest absolute Gasteiger partial charge is 0.106 e. The van der Waals surface area contributed by atoms with Crippen molar-refractivity contribution >= 4 is 0 Å². The molecule has 1 aromatic rings. The lowest BCUT2D eigenvalue weighted by molar-refractivity contribution is 0.0383. The summed E-state index contributed by atoms with van der Waals surface area (Å²) in [6, 6.07) is 0. The van der Waals surface area contributed by atoms with E-state index < -0.39 is 5.60 Å². The Bertz CT molecular complexity index is 347. The number of nitrogens with one attached hydrogen (secondary N) is 1. The molecule has 0 radical (unpaired) electrons. The van der Waals surface area contributed by atoms with E-state index in [1.54, 1.807) is 10.9 Å². The fraction of sp³-hybridized carbons (Fsp3) is 0.846. The second-order valence-corrected chi connectivity index (χ2v) is 5.46. The molecular formula is C13H26N4O. The van der Waals surface area contributed by atoms with E-state index in [4.69, 9.17) is 0 Å². The lowest BCUT2D eigenvalue weighted by Gasteiger charge is -2.24. The molecule has 2 N–H and O–H groups in total. The summed E-state index contributed by atoms with van der Waals surface area (Å²) in [4.78, 5) is 0. The quantitative estimate of drug-likeness (QED) is 0.691. The van der Waals surface area contributed by atoms with Gasteiger partial charge in [-0.15, -0.1) is 5.10 Å². The Morgan fingerprint density at radius 1 is 1.50 bits per heavy atom. The van der Waals surface area contributed by atoms with Gasteiger partial charge >= 0.3 is 0 Å². The molecule has 1 unspecified atom stereocenters. The second kappa shape index (κ2) is 6.85. The van der Waals surface area contributed by atoms with Gasteiger partial charge in [0, 0.05) is 6.54 Å². The molecule has 0 amide bonds. The van der Waals surface area contributed by atoms with Crippen LogP contribution in [0.25, 0.3) is 0 Å². The van der Waals surface area contributed by atoms with Gasteiger partial charge in [-0.25, -0.2) is 4.68 Å². The SMILES string of the molecule is CCCn1nncc1C(C)(O)CCNCC(C)C. The van der Waals surface area contributed by atoms with Crippen molar-refractivity contribution in [2.75, 3.05) is 13.1 Å². The lowest BCUT2D eigenvalue weighted by Crippen LogP contribution is -2.31. The Hall–Kier alpha value is -0.940. The van der Waals surface area contributed by atoms with Crippen molar-refractivity contribution in [3.05, 3.63) is 11.9 Å². The molecule has 1 rings (SSSR count). The van der Waals surface area contributed by atoms with Crippen molar-refractivity contribution in [1.82, 2.24) is 20.3 Å². The van der Waals surface area contributed by atoms with Gasteiger partial charge in [0.05, 0.1) is 11.9 Å². The van der Waals surface area contributed by atoms with Gasteiger partial charge in [-0.2, -0.15) is 0 Å². The van der Waals surface area contributed by atoms with Crippen LogP contribution in [0.2, 0.25) is 0 Å². The molecule has 0 aliphatic carbocycles. The number of hydrogen-bond acceptors (Lipinski definition) is 4. The third kappa shape index (κ3) is 4.38. The van der Waals surface area contributed by atoms with Crippen LogP contribution in [0.3, 0.4) is 0 Å². The maximum atomic E-state index is 10.5. The van der Waals surface area contributed by atoms with E-state index in [9.17, 15) is 5.11 Å². The van der Waals surface area contributed by atoms with Gasteiger partial charge in [0.1, 0.15) is 5.60 Å². The highest BCUT2D eigenvalue weighted by Crippen LogP contribution is 2.23. The Morgan fingerprint density at radius 3 is 2.83 bits per heavy atom. The summed E-state index contributed by atoms with van der Waals surface area (Å²) in [6.45, 7) is 10.8. The first-order valence-corrected chi connectivity index (χ1v) is 6.79. The predicted molar refractivity (Wildman–Crippen MR) is 72.2 cm³/mol. The molecule has 0 aliphatic rings. The van der Waals surface area contributed by atoms with E-state index in [-0.39, 0.29) is 0 Å². The molecular weight excluding hydrogens is 228 g/mol. The van der Waals surface area contributed by atoms with Crippen LogP contribution in [0.15, 0.2) is 6.20 Å². The Kier molecular flexibility index (Phi) is 5.75. The molecule has 5 heteroatoms. The fourth-order valence-electron chi connectivity index (χ4n) is 1.90. The van der Waals surface area contributed by atoms with Crippen LogP contribution < -0.4 is 5.32 Å². The maximum Gasteiger partial charge on any atom is 0.106 e. The van der Waals surface area contributed by atoms with Crippen LogP contribution in [-0.2, 0) is 12.1 Å². The van der Waals surface area contributed by atoms with Crippen molar-refractivity contribution in [3.63, 3.8) is 0 Å². The van der Waals surface area contributed by atoms with Crippen molar-refractivity contribution in [3.8, 4) is 0 Å². The van der Waals surface area contributed by atoms with Crippen LogP contribution >= 0.6 is 0 Å². The highest BCUT2D eigenvalue weighted by atomic mass is 16.3. The van der Waals surface area contributed by atoms with E-state index in [2.05, 4.69) is 36.4 Å². The number of rotatable bonds is 8. The number of aromatic nitrogens is 3. The van der Waals surface area contributed by atoms with Gasteiger partial charge in [0.25, 0.3) is 0 Å². The van der Waals surface area contributed by atoms with Gasteiger partial charge in [0.2, 0.25) is 0 Å². The molecule has 0 fully saturated rings. The minimum atomic E-state index is -0.872. The van der Waals surface area contributed by atoms with Crippen LogP contribution in [-0.4, -0.2) is 33.2 Å². The standard InChI is InChI=1S/C13H26N4O/c1-5-8-17-12(10-15-16-17)13(4,18)6-7-14-9-11(2)3/h10-11,14,18H,5-9H2,1-4H3. The predicted octanol–water partition coefficient (Wildman–Crippen LogP) is 1.53. The van der Waals surface area contributed by atoms with Gasteiger partial charge in [-0.3, -0.25) is 0 Å². The summed E-state index contributed by atoms with van der Waals surface area (Å²) >= 11 is 0. The largest absolute Gasteiger partial charge is 0.384 e. The number of nitrogens with zero attached hydrogens (tertiary/aromatic N) is 3. The van der Waals surface area contributed by atoms with Crippen molar-refractivity contribution in [2.45, 2.75) is 52.7 Å². The van der Waals surface area contributed by atoms with Gasteiger partial charge < -0.3 is 10.4 Å². The molecule has 0 saturated heterocycles. The summed E-state index contributed by atoms with van der Waals surface area (Å²) < 4.78 is 1.79. The van der Waals surface area contributed by atoms with E-state index in [0.717, 1.165) is 31.7 Å². The minimum absolute atomic E-state index is 0.627. The Balaban J connectivity index is 2.53. The molecule has 0 bridgehead atoms. The highest BCUT2D eigenvalue weighted by molar-refractivity contribution is 5.06. The van der Waals surface area contributed by atoms with Crippen LogP contribution in [0.5, 0.6) is 0 Å². The third-order valence-electron chi connectivity index (χ3n) is 2.95. The summed E-state index contributed by atoms with van der Waals surface area (Å²) in [5, 5.41) is 21.8. The minimum Gasteiger partial charge on any atom is -0.384 e. The average molecular weight is 254 g/mol. The average Bonchev–Trinajstić information content (AvgIpc) is 2.74. The van der Waals surface area contributed by atoms with E-state index in [1.165, 1.54) is 0 Å². The maximum absolute atomic E-state index is 10.5. The molecule has 0 saturated carbocycles. The highest BCUT2D eigenvalue weighted by Gasteiger charge is 2.27. The molecule has 1 heterocycles. The Labute approximate surface area is 110 Å². The molecule has 5 nitrogen and oxygen atoms in total. The second-order valence-electron chi connectivity index (χ2n) is 5.46. The van der Waals surface area contributed by atoms with Gasteiger partial charge in [0.15, 0.2) is 0 Å². The van der Waals surface area contributed by atoms with Crippen molar-refractivity contribution in [2.24, 2.45) is 5.92 Å². The fourth-order valence-corrected chi connectivity index (χ4v) is 1.90. The van der Waals surface area contributed by atoms with E-state index >= 15 is 0 Å².